The Labute approximate surface area is 113 Å². The van der Waals surface area contributed by atoms with E-state index < -0.39 is 41.6 Å². The van der Waals surface area contributed by atoms with Crippen molar-refractivity contribution < 1.29 is 22.3 Å². The lowest BCUT2D eigenvalue weighted by Gasteiger charge is -2.43. The number of rotatable bonds is 1. The zero-order chi connectivity index (χ0) is 15.2. The van der Waals surface area contributed by atoms with Gasteiger partial charge < -0.3 is 15.8 Å². The maximum atomic E-state index is 13.8. The lowest BCUT2D eigenvalue weighted by molar-refractivity contribution is -0.249. The molecule has 2 aliphatic rings. The van der Waals surface area contributed by atoms with Crippen LogP contribution >= 0.6 is 0 Å². The smallest absolute Gasteiger partial charge is 0.385 e. The molecule has 2 rings (SSSR count). The molecule has 1 unspecified atom stereocenters. The Morgan fingerprint density at radius 1 is 1.50 bits per heavy atom. The van der Waals surface area contributed by atoms with E-state index in [2.05, 4.69) is 16.5 Å². The maximum absolute atomic E-state index is 13.8. The van der Waals surface area contributed by atoms with E-state index in [0.717, 1.165) is 13.0 Å². The van der Waals surface area contributed by atoms with E-state index in [1.165, 1.54) is 13.0 Å². The highest BCUT2D eigenvalue weighted by Gasteiger charge is 2.59. The first-order valence-corrected chi connectivity index (χ1v) is 5.86. The van der Waals surface area contributed by atoms with Crippen LogP contribution < -0.4 is 11.1 Å². The topological polar surface area (TPSA) is 59.6 Å². The molecule has 8 heteroatoms. The Bertz CT molecular complexity index is 499. The summed E-state index contributed by atoms with van der Waals surface area (Å²) >= 11 is 0. The van der Waals surface area contributed by atoms with Gasteiger partial charge in [0.2, 0.25) is 5.60 Å². The molecule has 3 N–H and O–H groups in total. The van der Waals surface area contributed by atoms with Gasteiger partial charge in [-0.2, -0.15) is 13.2 Å². The molecule has 0 aromatic carbocycles. The molecule has 0 bridgehead atoms. The van der Waals surface area contributed by atoms with E-state index in [0.29, 0.717) is 0 Å². The number of ether oxygens (including phenoxy) is 1. The van der Waals surface area contributed by atoms with Gasteiger partial charge in [0.05, 0.1) is 12.8 Å². The number of amidine groups is 1. The van der Waals surface area contributed by atoms with E-state index >= 15 is 0 Å². The van der Waals surface area contributed by atoms with Gasteiger partial charge in [-0.1, -0.05) is 0 Å². The molecule has 0 saturated heterocycles. The van der Waals surface area contributed by atoms with Crippen LogP contribution in [0.1, 0.15) is 13.8 Å². The minimum atomic E-state index is -4.69. The zero-order valence-electron chi connectivity index (χ0n) is 10.9. The summed E-state index contributed by atoms with van der Waals surface area (Å²) in [6.07, 6.45) is 0.370. The standard InChI is InChI=1S/C12H14F4N3O/c1-10(8-7(13)4-3-5-18-8)6-20-11(2,9(17)19-10)12(14,15)16/h3-4,8,18H,6H2,1-2H3,(H2,17,19)/t8?,10-,11+/m0/s1. The Balaban J connectivity index is 2.35. The first-order valence-electron chi connectivity index (χ1n) is 5.86. The molecule has 4 nitrogen and oxygen atoms in total. The average molecular weight is 292 g/mol. The van der Waals surface area contributed by atoms with Crippen molar-refractivity contribution in [2.24, 2.45) is 10.7 Å². The highest BCUT2D eigenvalue weighted by atomic mass is 19.4. The third kappa shape index (κ3) is 2.17. The van der Waals surface area contributed by atoms with Gasteiger partial charge in [-0.15, -0.1) is 0 Å². The predicted octanol–water partition coefficient (Wildman–Crippen LogP) is 1.60. The monoisotopic (exact) mass is 292 g/mol. The molecule has 0 aliphatic carbocycles. The van der Waals surface area contributed by atoms with E-state index in [-0.39, 0.29) is 0 Å². The molecular weight excluding hydrogens is 278 g/mol. The van der Waals surface area contributed by atoms with Crippen molar-refractivity contribution in [3.05, 3.63) is 24.2 Å². The molecule has 111 valence electrons. The number of halogens is 4. The second-order valence-corrected chi connectivity index (χ2v) is 5.11. The minimum Gasteiger partial charge on any atom is -0.385 e. The van der Waals surface area contributed by atoms with E-state index in [1.54, 1.807) is 0 Å². The SMILES string of the molecule is C[C@@]1(C2N[C]=CC=C2F)CO[C@@](C)(C(F)(F)F)C(N)=N1. The van der Waals surface area contributed by atoms with Crippen molar-refractivity contribution in [2.75, 3.05) is 6.61 Å². The van der Waals surface area contributed by atoms with Gasteiger partial charge in [-0.25, -0.2) is 4.39 Å². The van der Waals surface area contributed by atoms with Gasteiger partial charge in [0.1, 0.15) is 23.2 Å². The molecule has 0 saturated carbocycles. The zero-order valence-corrected chi connectivity index (χ0v) is 10.9. The van der Waals surface area contributed by atoms with Gasteiger partial charge in [0.15, 0.2) is 0 Å². The number of hydrogen-bond donors (Lipinski definition) is 2. The molecule has 0 spiro atoms. The van der Waals surface area contributed by atoms with Crippen LogP contribution in [0.5, 0.6) is 0 Å². The summed E-state index contributed by atoms with van der Waals surface area (Å²) in [7, 11) is 0. The van der Waals surface area contributed by atoms with Crippen LogP contribution in [-0.4, -0.2) is 35.8 Å². The normalized spacial score (nSPS) is 38.0. The first-order chi connectivity index (χ1) is 9.10. The van der Waals surface area contributed by atoms with Crippen LogP contribution in [0.25, 0.3) is 0 Å². The number of dihydropyridines is 1. The van der Waals surface area contributed by atoms with Crippen LogP contribution in [0, 0.1) is 6.20 Å². The Morgan fingerprint density at radius 2 is 2.15 bits per heavy atom. The summed E-state index contributed by atoms with van der Waals surface area (Å²) in [6.45, 7) is 1.84. The average Bonchev–Trinajstić information content (AvgIpc) is 2.33. The van der Waals surface area contributed by atoms with Crippen LogP contribution in [0.3, 0.4) is 0 Å². The van der Waals surface area contributed by atoms with Gasteiger partial charge in [-0.3, -0.25) is 4.99 Å². The second kappa shape index (κ2) is 4.47. The third-order valence-electron chi connectivity index (χ3n) is 3.51. The number of nitrogens with zero attached hydrogens (tertiary/aromatic N) is 1. The summed E-state index contributed by atoms with van der Waals surface area (Å²) in [5.74, 6) is -1.29. The van der Waals surface area contributed by atoms with E-state index in [9.17, 15) is 17.6 Å². The van der Waals surface area contributed by atoms with Gasteiger partial charge in [0, 0.05) is 0 Å². The molecule has 0 amide bonds. The number of nitrogens with one attached hydrogen (secondary N) is 1. The summed E-state index contributed by atoms with van der Waals surface area (Å²) in [6, 6.07) is -0.969. The van der Waals surface area contributed by atoms with Crippen LogP contribution in [0.4, 0.5) is 17.6 Å². The van der Waals surface area contributed by atoms with Crippen molar-refractivity contribution in [3.63, 3.8) is 0 Å². The Morgan fingerprint density at radius 3 is 2.65 bits per heavy atom. The summed E-state index contributed by atoms with van der Waals surface area (Å²) in [5.41, 5.74) is 1.50. The maximum Gasteiger partial charge on any atom is 0.424 e. The second-order valence-electron chi connectivity index (χ2n) is 5.11. The van der Waals surface area contributed by atoms with Gasteiger partial charge in [-0.05, 0) is 26.0 Å². The lowest BCUT2D eigenvalue weighted by Crippen LogP contribution is -2.64. The number of aliphatic imine (C=N–C) groups is 1. The molecular formula is C12H14F4N3O. The Hall–Kier alpha value is -1.57. The number of hydrogen-bond acceptors (Lipinski definition) is 4. The van der Waals surface area contributed by atoms with Crippen LogP contribution in [0.15, 0.2) is 23.0 Å². The van der Waals surface area contributed by atoms with Crippen molar-refractivity contribution >= 4 is 5.84 Å². The number of alkyl halides is 3. The number of nitrogens with two attached hydrogens (primary N) is 1. The quantitative estimate of drug-likeness (QED) is 0.722. The van der Waals surface area contributed by atoms with Gasteiger partial charge in [0.25, 0.3) is 0 Å². The van der Waals surface area contributed by atoms with Crippen molar-refractivity contribution in [1.29, 1.82) is 0 Å². The minimum absolute atomic E-state index is 0.426. The summed E-state index contributed by atoms with van der Waals surface area (Å²) in [5, 5.41) is 2.59. The lowest BCUT2D eigenvalue weighted by atomic mass is 9.88. The summed E-state index contributed by atoms with van der Waals surface area (Å²) < 4.78 is 57.5. The fourth-order valence-electron chi connectivity index (χ4n) is 2.02. The van der Waals surface area contributed by atoms with Crippen molar-refractivity contribution in [3.8, 4) is 0 Å². The largest absolute Gasteiger partial charge is 0.424 e. The van der Waals surface area contributed by atoms with Crippen molar-refractivity contribution in [1.82, 2.24) is 5.32 Å². The first kappa shape index (κ1) is 14.8. The fraction of sp³-hybridized carbons (Fsp3) is 0.583. The highest BCUT2D eigenvalue weighted by molar-refractivity contribution is 5.90. The molecule has 1 radical (unpaired) electrons. The molecule has 2 heterocycles. The predicted molar refractivity (Wildman–Crippen MR) is 64.4 cm³/mol. The molecule has 20 heavy (non-hydrogen) atoms. The van der Waals surface area contributed by atoms with Gasteiger partial charge >= 0.3 is 6.18 Å². The molecule has 0 aromatic rings. The Kier molecular flexibility index (Phi) is 3.32. The molecule has 0 fully saturated rings. The van der Waals surface area contributed by atoms with Crippen LogP contribution in [0.2, 0.25) is 0 Å². The molecule has 0 aromatic heterocycles. The third-order valence-corrected chi connectivity index (χ3v) is 3.51. The molecule has 2 aliphatic heterocycles. The van der Waals surface area contributed by atoms with E-state index in [4.69, 9.17) is 10.5 Å². The highest BCUT2D eigenvalue weighted by Crippen LogP contribution is 2.39. The molecule has 3 atom stereocenters. The van der Waals surface area contributed by atoms with E-state index in [1.807, 2.05) is 0 Å². The van der Waals surface area contributed by atoms with Crippen LogP contribution in [-0.2, 0) is 4.74 Å². The fourth-order valence-corrected chi connectivity index (χ4v) is 2.02. The number of allylic oxidation sites excluding steroid dienone is 2. The summed E-state index contributed by atoms with van der Waals surface area (Å²) in [4.78, 5) is 3.86. The van der Waals surface area contributed by atoms with Crippen molar-refractivity contribution in [2.45, 2.75) is 37.2 Å².